The van der Waals surface area contributed by atoms with Gasteiger partial charge in [0.1, 0.15) is 11.4 Å². The first-order valence-electron chi connectivity index (χ1n) is 17.2. The monoisotopic (exact) mass is 736 g/mol. The normalized spacial score (nSPS) is 22.7. The molecule has 0 aromatic heterocycles. The van der Waals surface area contributed by atoms with Gasteiger partial charge in [0.15, 0.2) is 6.10 Å². The third kappa shape index (κ3) is 7.56. The van der Waals surface area contributed by atoms with Gasteiger partial charge in [-0.2, -0.15) is 26.3 Å². The molecule has 2 aliphatic heterocycles. The van der Waals surface area contributed by atoms with E-state index in [9.17, 15) is 45.4 Å². The Kier molecular flexibility index (Phi) is 10.5. The summed E-state index contributed by atoms with van der Waals surface area (Å²) in [6.45, 7) is 3.11. The molecule has 0 saturated carbocycles. The zero-order valence-electron chi connectivity index (χ0n) is 28.4. The minimum atomic E-state index is -5.12. The number of rotatable bonds is 9. The van der Waals surface area contributed by atoms with Crippen molar-refractivity contribution in [1.29, 1.82) is 0 Å². The Balaban J connectivity index is 1.23. The van der Waals surface area contributed by atoms with Crippen molar-refractivity contribution in [3.8, 4) is 0 Å². The number of fused-ring (bicyclic) bond motifs is 2. The zero-order valence-corrected chi connectivity index (χ0v) is 28.4. The molecule has 6 rings (SSSR count). The molecule has 52 heavy (non-hydrogen) atoms. The van der Waals surface area contributed by atoms with Crippen molar-refractivity contribution in [2.24, 2.45) is 0 Å². The summed E-state index contributed by atoms with van der Waals surface area (Å²) in [5, 5.41) is 9.73. The van der Waals surface area contributed by atoms with E-state index in [1.165, 1.54) is 29.2 Å². The van der Waals surface area contributed by atoms with Crippen LogP contribution in [0.15, 0.2) is 66.7 Å². The summed E-state index contributed by atoms with van der Waals surface area (Å²) in [5.74, 6) is -2.54. The molecule has 2 saturated heterocycles. The van der Waals surface area contributed by atoms with Gasteiger partial charge in [0.25, 0.3) is 5.91 Å². The lowest BCUT2D eigenvalue weighted by atomic mass is 9.72. The Morgan fingerprint density at radius 2 is 1.58 bits per heavy atom. The summed E-state index contributed by atoms with van der Waals surface area (Å²) in [7, 11) is 0. The molecule has 280 valence electrons. The Morgan fingerprint density at radius 3 is 2.17 bits per heavy atom. The van der Waals surface area contributed by atoms with E-state index in [2.05, 4.69) is 11.0 Å². The number of alkyl halides is 6. The van der Waals surface area contributed by atoms with Gasteiger partial charge in [-0.1, -0.05) is 43.3 Å². The van der Waals surface area contributed by atoms with Crippen LogP contribution < -0.4 is 0 Å². The molecule has 0 radical (unpaired) electrons. The molecular formula is C38H39F7N2O5. The molecular weight excluding hydrogens is 697 g/mol. The molecule has 1 N–H and O–H groups in total. The van der Waals surface area contributed by atoms with Gasteiger partial charge in [-0.15, -0.1) is 0 Å². The van der Waals surface area contributed by atoms with Crippen LogP contribution in [0.25, 0.3) is 0 Å². The number of carboxylic acids is 1. The summed E-state index contributed by atoms with van der Waals surface area (Å²) in [4.78, 5) is 29.0. The number of aliphatic carboxylic acids is 1. The maximum Gasteiger partial charge on any atom is 0.416 e. The molecule has 2 heterocycles. The Morgan fingerprint density at radius 1 is 0.942 bits per heavy atom. The first kappa shape index (κ1) is 37.7. The van der Waals surface area contributed by atoms with E-state index in [0.29, 0.717) is 63.0 Å². The first-order chi connectivity index (χ1) is 24.5. The van der Waals surface area contributed by atoms with Crippen molar-refractivity contribution in [3.05, 3.63) is 106 Å². The van der Waals surface area contributed by atoms with Crippen molar-refractivity contribution >= 4 is 11.9 Å². The molecule has 0 bridgehead atoms. The quantitative estimate of drug-likeness (QED) is 0.230. The third-order valence-electron chi connectivity index (χ3n) is 10.8. The van der Waals surface area contributed by atoms with Gasteiger partial charge in [0, 0.05) is 24.1 Å². The number of morpholine rings is 1. The summed E-state index contributed by atoms with van der Waals surface area (Å²) in [5.41, 5.74) is -2.77. The zero-order chi connectivity index (χ0) is 37.5. The molecule has 3 atom stereocenters. The number of ether oxygens (including phenoxy) is 2. The molecule has 3 aromatic rings. The van der Waals surface area contributed by atoms with E-state index >= 15 is 0 Å². The lowest BCUT2D eigenvalue weighted by Crippen LogP contribution is -2.54. The minimum absolute atomic E-state index is 0.0194. The van der Waals surface area contributed by atoms with Crippen molar-refractivity contribution in [2.45, 2.75) is 74.6 Å². The number of benzene rings is 3. The highest BCUT2D eigenvalue weighted by Crippen LogP contribution is 2.48. The van der Waals surface area contributed by atoms with E-state index in [0.717, 1.165) is 11.1 Å². The number of halogens is 7. The fourth-order valence-electron chi connectivity index (χ4n) is 8.01. The predicted molar refractivity (Wildman–Crippen MR) is 175 cm³/mol. The number of piperidine rings is 1. The molecule has 1 spiro atoms. The lowest BCUT2D eigenvalue weighted by Gasteiger charge is -2.46. The number of likely N-dealkylation sites (tertiary alicyclic amines) is 1. The Hall–Kier alpha value is -4.01. The van der Waals surface area contributed by atoms with Crippen molar-refractivity contribution in [1.82, 2.24) is 9.80 Å². The van der Waals surface area contributed by atoms with Crippen molar-refractivity contribution in [3.63, 3.8) is 0 Å². The fraction of sp³-hybridized carbons (Fsp3) is 0.474. The van der Waals surface area contributed by atoms with Crippen LogP contribution in [0, 0.1) is 5.82 Å². The molecule has 14 heteroatoms. The van der Waals surface area contributed by atoms with Crippen LogP contribution in [0.2, 0.25) is 0 Å². The maximum atomic E-state index is 14.0. The maximum absolute atomic E-state index is 14.0. The van der Waals surface area contributed by atoms with E-state index in [-0.39, 0.29) is 38.3 Å². The van der Waals surface area contributed by atoms with Gasteiger partial charge in [-0.3, -0.25) is 4.79 Å². The number of carbonyl (C=O) groups excluding carboxylic acids is 1. The predicted octanol–water partition coefficient (Wildman–Crippen LogP) is 7.46. The van der Waals surface area contributed by atoms with Crippen LogP contribution in [0.3, 0.4) is 0 Å². The Bertz CT molecular complexity index is 1740. The number of hydrogen-bond donors (Lipinski definition) is 1. The molecule has 7 nitrogen and oxygen atoms in total. The standard InChI is InChI=1S/C38H39F7N2O5/c1-2-31(34(49)50)52-32-21-24-5-3-4-6-30(24)35(32)11-14-46(15-12-35)16-13-36(26-7-9-29(39)10-8-26)23-47(17-18-51-36)33(48)25-19-27(37(40,41)42)22-28(20-25)38(43,44)45/h3-10,19-20,22,31-32H,2,11-18,21,23H2,1H3,(H,49,50)/t31?,32-,36+/m0/s1. The number of carboxylic acid groups (broad SMARTS) is 1. The van der Waals surface area contributed by atoms with Crippen molar-refractivity contribution < 1.29 is 54.9 Å². The van der Waals surface area contributed by atoms with Gasteiger partial charge < -0.3 is 24.4 Å². The molecule has 2 fully saturated rings. The van der Waals surface area contributed by atoms with Crippen LogP contribution in [0.4, 0.5) is 30.7 Å². The number of carbonyl (C=O) groups is 2. The molecule has 3 aromatic carbocycles. The van der Waals surface area contributed by atoms with Crippen LogP contribution in [-0.2, 0) is 44.1 Å². The van der Waals surface area contributed by atoms with Gasteiger partial charge >= 0.3 is 18.3 Å². The lowest BCUT2D eigenvalue weighted by molar-refractivity contribution is -0.158. The number of hydrogen-bond acceptors (Lipinski definition) is 5. The van der Waals surface area contributed by atoms with E-state index in [4.69, 9.17) is 9.47 Å². The SMILES string of the molecule is CCC(O[C@H]1Cc2ccccc2C12CCN(CC[C@]1(c3ccc(F)cc3)CN(C(=O)c3cc(C(F)(F)F)cc(C(F)(F)F)c3)CCO1)CC2)C(=O)O. The second-order valence-electron chi connectivity index (χ2n) is 13.8. The van der Waals surface area contributed by atoms with Crippen LogP contribution >= 0.6 is 0 Å². The van der Waals surface area contributed by atoms with E-state index < -0.39 is 63.9 Å². The third-order valence-corrected chi connectivity index (χ3v) is 10.8. The molecule has 1 aliphatic carbocycles. The Labute approximate surface area is 296 Å². The minimum Gasteiger partial charge on any atom is -0.479 e. The summed E-state index contributed by atoms with van der Waals surface area (Å²) >= 11 is 0. The second kappa shape index (κ2) is 14.4. The smallest absolute Gasteiger partial charge is 0.416 e. The van der Waals surface area contributed by atoms with Crippen LogP contribution in [0.1, 0.15) is 70.8 Å². The van der Waals surface area contributed by atoms with Gasteiger partial charge in [0.05, 0.1) is 30.4 Å². The van der Waals surface area contributed by atoms with Gasteiger partial charge in [-0.05, 0) is 92.2 Å². The molecule has 3 aliphatic rings. The molecule has 1 amide bonds. The molecule has 1 unspecified atom stereocenters. The fourth-order valence-corrected chi connectivity index (χ4v) is 8.01. The van der Waals surface area contributed by atoms with E-state index in [1.807, 2.05) is 18.2 Å². The highest BCUT2D eigenvalue weighted by Gasteiger charge is 2.50. The average molecular weight is 737 g/mol. The highest BCUT2D eigenvalue weighted by molar-refractivity contribution is 5.95. The second-order valence-corrected chi connectivity index (χ2v) is 13.8. The largest absolute Gasteiger partial charge is 0.479 e. The van der Waals surface area contributed by atoms with Gasteiger partial charge in [-0.25, -0.2) is 9.18 Å². The topological polar surface area (TPSA) is 79.3 Å². The summed E-state index contributed by atoms with van der Waals surface area (Å²) in [6, 6.07) is 14.3. The van der Waals surface area contributed by atoms with Crippen molar-refractivity contribution in [2.75, 3.05) is 39.3 Å². The van der Waals surface area contributed by atoms with Crippen LogP contribution in [0.5, 0.6) is 0 Å². The summed E-state index contributed by atoms with van der Waals surface area (Å²) < 4.78 is 108. The number of nitrogens with zero attached hydrogens (tertiary/aromatic N) is 2. The summed E-state index contributed by atoms with van der Waals surface area (Å²) in [6.07, 6.45) is -8.94. The first-order valence-corrected chi connectivity index (χ1v) is 17.2. The van der Waals surface area contributed by atoms with E-state index in [1.54, 1.807) is 6.92 Å². The van der Waals surface area contributed by atoms with Crippen LogP contribution in [-0.4, -0.2) is 78.3 Å². The average Bonchev–Trinajstić information content (AvgIpc) is 3.41. The van der Waals surface area contributed by atoms with Gasteiger partial charge in [0.2, 0.25) is 0 Å². The number of amides is 1. The highest BCUT2D eigenvalue weighted by atomic mass is 19.4.